The Morgan fingerprint density at radius 2 is 1.82 bits per heavy atom. The third-order valence-electron chi connectivity index (χ3n) is 9.24. The van der Waals surface area contributed by atoms with E-state index in [-0.39, 0.29) is 47.7 Å². The van der Waals surface area contributed by atoms with E-state index in [1.807, 2.05) is 44.2 Å². The topological polar surface area (TPSA) is 123 Å². The minimum absolute atomic E-state index is 0.00657. The lowest BCUT2D eigenvalue weighted by Gasteiger charge is -2.27. The lowest BCUT2D eigenvalue weighted by Crippen LogP contribution is -2.45. The maximum Gasteiger partial charge on any atom is 0.272 e. The summed E-state index contributed by atoms with van der Waals surface area (Å²) in [6.45, 7) is 8.51. The molecule has 234 valence electrons. The van der Waals surface area contributed by atoms with E-state index in [1.54, 1.807) is 22.0 Å². The van der Waals surface area contributed by atoms with E-state index >= 15 is 0 Å². The van der Waals surface area contributed by atoms with Crippen molar-refractivity contribution < 1.29 is 14.4 Å². The molecule has 2 fully saturated rings. The maximum absolute atomic E-state index is 14.0. The van der Waals surface area contributed by atoms with Gasteiger partial charge in [-0.3, -0.25) is 19.1 Å². The molecule has 0 unspecified atom stereocenters. The van der Waals surface area contributed by atoms with E-state index in [1.165, 1.54) is 0 Å². The number of ketones is 1. The van der Waals surface area contributed by atoms with Gasteiger partial charge in [-0.05, 0) is 83.8 Å². The quantitative estimate of drug-likeness (QED) is 0.168. The standard InChI is InChI=1S/C34H38BrN7O3/c1-5-6-7-12-36-33(45)32-24-13-22(23-17-37-21(3)38-18-23)9-10-26(24)41(40-32)19-31(44)42-27(15-34(4)16-29(34)42)28(43)14-25-20(2)8-11-30(35)39-25/h8-11,13,17-18,27,29H,5-7,12,14-16,19H2,1-4H3,(H,36,45)/t27-,29+,34-/m0/s1. The fourth-order valence-electron chi connectivity index (χ4n) is 6.48. The summed E-state index contributed by atoms with van der Waals surface area (Å²) in [4.78, 5) is 56.0. The summed E-state index contributed by atoms with van der Waals surface area (Å²) >= 11 is 3.41. The van der Waals surface area contributed by atoms with Crippen LogP contribution in [0.1, 0.15) is 73.5 Å². The number of fused-ring (bicyclic) bond motifs is 2. The zero-order chi connectivity index (χ0) is 31.9. The molecule has 1 saturated carbocycles. The van der Waals surface area contributed by atoms with Crippen molar-refractivity contribution in [2.45, 2.75) is 84.8 Å². The molecule has 1 N–H and O–H groups in total. The van der Waals surface area contributed by atoms with Crippen LogP contribution in [0, 0.1) is 19.3 Å². The van der Waals surface area contributed by atoms with E-state index in [0.717, 1.165) is 48.1 Å². The molecule has 0 spiro atoms. The van der Waals surface area contributed by atoms with Crippen LogP contribution in [0.2, 0.25) is 0 Å². The molecule has 0 radical (unpaired) electrons. The van der Waals surface area contributed by atoms with Crippen molar-refractivity contribution in [3.05, 3.63) is 70.1 Å². The number of piperidine rings is 1. The number of nitrogens with zero attached hydrogens (tertiary/aromatic N) is 6. The lowest BCUT2D eigenvalue weighted by molar-refractivity contribution is -0.139. The van der Waals surface area contributed by atoms with Crippen molar-refractivity contribution in [3.8, 4) is 11.1 Å². The summed E-state index contributed by atoms with van der Waals surface area (Å²) in [6.07, 6.45) is 8.15. The molecule has 1 aliphatic carbocycles. The summed E-state index contributed by atoms with van der Waals surface area (Å²) in [5.41, 5.74) is 4.22. The van der Waals surface area contributed by atoms with Gasteiger partial charge in [-0.1, -0.05) is 38.8 Å². The van der Waals surface area contributed by atoms with Crippen molar-refractivity contribution in [2.75, 3.05) is 6.54 Å². The van der Waals surface area contributed by atoms with E-state index in [4.69, 9.17) is 0 Å². The molecule has 3 aromatic heterocycles. The van der Waals surface area contributed by atoms with Crippen molar-refractivity contribution in [3.63, 3.8) is 0 Å². The Kier molecular flexibility index (Phi) is 8.56. The van der Waals surface area contributed by atoms with Crippen LogP contribution in [-0.2, 0) is 22.6 Å². The Balaban J connectivity index is 1.29. The number of benzene rings is 1. The highest BCUT2D eigenvalue weighted by Gasteiger charge is 2.64. The van der Waals surface area contributed by atoms with Gasteiger partial charge < -0.3 is 10.2 Å². The maximum atomic E-state index is 14.0. The first-order valence-electron chi connectivity index (χ1n) is 15.6. The van der Waals surface area contributed by atoms with Crippen LogP contribution in [0.15, 0.2) is 47.3 Å². The smallest absolute Gasteiger partial charge is 0.272 e. The molecule has 6 rings (SSSR count). The average molecular weight is 673 g/mol. The summed E-state index contributed by atoms with van der Waals surface area (Å²) in [5, 5.41) is 8.34. The third-order valence-corrected chi connectivity index (χ3v) is 9.68. The van der Waals surface area contributed by atoms with E-state index in [0.29, 0.717) is 34.3 Å². The predicted molar refractivity (Wildman–Crippen MR) is 175 cm³/mol. The van der Waals surface area contributed by atoms with E-state index in [2.05, 4.69) is 55.1 Å². The molecule has 1 saturated heterocycles. The van der Waals surface area contributed by atoms with Gasteiger partial charge in [0.2, 0.25) is 5.91 Å². The van der Waals surface area contributed by atoms with Gasteiger partial charge in [0.15, 0.2) is 11.5 Å². The molecule has 10 nitrogen and oxygen atoms in total. The minimum Gasteiger partial charge on any atom is -0.351 e. The number of hydrogen-bond acceptors (Lipinski definition) is 7. The number of amides is 2. The second-order valence-electron chi connectivity index (χ2n) is 12.7. The van der Waals surface area contributed by atoms with Gasteiger partial charge in [0, 0.05) is 35.9 Å². The number of likely N-dealkylation sites (tertiary alicyclic amines) is 1. The van der Waals surface area contributed by atoms with Crippen molar-refractivity contribution in [1.82, 2.24) is 34.9 Å². The van der Waals surface area contributed by atoms with E-state index < -0.39 is 6.04 Å². The first kappa shape index (κ1) is 31.0. The van der Waals surface area contributed by atoms with Crippen molar-refractivity contribution >= 4 is 44.4 Å². The molecule has 1 aromatic carbocycles. The first-order valence-corrected chi connectivity index (χ1v) is 16.4. The Morgan fingerprint density at radius 1 is 1.04 bits per heavy atom. The molecule has 0 bridgehead atoms. The molecule has 4 heterocycles. The molecule has 45 heavy (non-hydrogen) atoms. The number of aromatic nitrogens is 5. The van der Waals surface area contributed by atoms with Gasteiger partial charge >= 0.3 is 0 Å². The van der Waals surface area contributed by atoms with Crippen molar-refractivity contribution in [1.29, 1.82) is 0 Å². The minimum atomic E-state index is -0.516. The number of unbranched alkanes of at least 4 members (excludes halogenated alkanes) is 2. The van der Waals surface area contributed by atoms with Gasteiger partial charge in [-0.15, -0.1) is 0 Å². The molecule has 3 atom stereocenters. The summed E-state index contributed by atoms with van der Waals surface area (Å²) < 4.78 is 2.28. The van der Waals surface area contributed by atoms with Crippen LogP contribution in [0.25, 0.3) is 22.0 Å². The second-order valence-corrected chi connectivity index (χ2v) is 13.5. The average Bonchev–Trinajstić information content (AvgIpc) is 3.39. The number of pyridine rings is 1. The molecule has 4 aromatic rings. The van der Waals surface area contributed by atoms with Crippen LogP contribution in [-0.4, -0.2) is 65.9 Å². The molecule has 2 aliphatic rings. The zero-order valence-electron chi connectivity index (χ0n) is 26.1. The molecular weight excluding hydrogens is 634 g/mol. The lowest BCUT2D eigenvalue weighted by atomic mass is 9.96. The third kappa shape index (κ3) is 6.27. The molecular formula is C34H38BrN7O3. The monoisotopic (exact) mass is 671 g/mol. The Hall–Kier alpha value is -3.99. The SMILES string of the molecule is CCCCCNC(=O)c1nn(CC(=O)N2[C@H](C(=O)Cc3nc(Br)ccc3C)C[C@@]3(C)C[C@@H]23)c2ccc(-c3cnc(C)nc3)cc12. The van der Waals surface area contributed by atoms with E-state index in [9.17, 15) is 14.4 Å². The van der Waals surface area contributed by atoms with Gasteiger partial charge in [-0.25, -0.2) is 15.0 Å². The summed E-state index contributed by atoms with van der Waals surface area (Å²) in [7, 11) is 0. The number of nitrogens with one attached hydrogen (secondary N) is 1. The number of carbonyl (C=O) groups is 3. The Morgan fingerprint density at radius 3 is 2.58 bits per heavy atom. The number of halogens is 1. The number of carbonyl (C=O) groups excluding carboxylic acids is 3. The predicted octanol–water partition coefficient (Wildman–Crippen LogP) is 5.38. The van der Waals surface area contributed by atoms with Crippen LogP contribution in [0.4, 0.5) is 0 Å². The highest BCUT2D eigenvalue weighted by atomic mass is 79.9. The molecule has 2 amide bonds. The highest BCUT2D eigenvalue weighted by molar-refractivity contribution is 9.10. The normalized spacial score (nSPS) is 20.3. The molecule has 1 aliphatic heterocycles. The second kappa shape index (κ2) is 12.4. The number of rotatable bonds is 11. The van der Waals surface area contributed by atoms with Gasteiger partial charge in [0.05, 0.1) is 23.7 Å². The van der Waals surface area contributed by atoms with Gasteiger partial charge in [-0.2, -0.15) is 5.10 Å². The molecule has 11 heteroatoms. The fourth-order valence-corrected chi connectivity index (χ4v) is 6.82. The number of Topliss-reactive ketones (excluding diaryl/α,β-unsaturated/α-hetero) is 1. The first-order chi connectivity index (χ1) is 21.6. The van der Waals surface area contributed by atoms with Gasteiger partial charge in [0.1, 0.15) is 17.0 Å². The van der Waals surface area contributed by atoms with Crippen LogP contribution >= 0.6 is 15.9 Å². The van der Waals surface area contributed by atoms with Crippen LogP contribution < -0.4 is 5.32 Å². The summed E-state index contributed by atoms with van der Waals surface area (Å²) in [6, 6.07) is 9.02. The van der Waals surface area contributed by atoms with Crippen molar-refractivity contribution in [2.24, 2.45) is 5.41 Å². The Labute approximate surface area is 271 Å². The number of aryl methyl sites for hydroxylation is 2. The fraction of sp³-hybridized carbons (Fsp3) is 0.441. The summed E-state index contributed by atoms with van der Waals surface area (Å²) in [5.74, 6) is 0.217. The zero-order valence-corrected chi connectivity index (χ0v) is 27.7. The Bertz CT molecular complexity index is 1790. The van der Waals surface area contributed by atoms with Crippen LogP contribution in [0.5, 0.6) is 0 Å². The highest BCUT2D eigenvalue weighted by Crippen LogP contribution is 2.59. The number of hydrogen-bond donors (Lipinski definition) is 1. The van der Waals surface area contributed by atoms with Crippen LogP contribution in [0.3, 0.4) is 0 Å². The van der Waals surface area contributed by atoms with Gasteiger partial charge in [0.25, 0.3) is 5.91 Å². The largest absolute Gasteiger partial charge is 0.351 e.